The summed E-state index contributed by atoms with van der Waals surface area (Å²) in [6.07, 6.45) is 4.27. The van der Waals surface area contributed by atoms with Gasteiger partial charge < -0.3 is 14.4 Å². The van der Waals surface area contributed by atoms with E-state index < -0.39 is 11.9 Å². The molecule has 1 N–H and O–H groups in total. The van der Waals surface area contributed by atoms with Crippen molar-refractivity contribution in [1.29, 1.82) is 0 Å². The molecule has 1 aromatic carbocycles. The Labute approximate surface area is 112 Å². The van der Waals surface area contributed by atoms with Crippen LogP contribution in [-0.4, -0.2) is 22.8 Å². The average molecular weight is 259 g/mol. The zero-order valence-corrected chi connectivity index (χ0v) is 10.8. The van der Waals surface area contributed by atoms with Crippen molar-refractivity contribution in [1.82, 2.24) is 4.57 Å². The second kappa shape index (κ2) is 6.09. The maximum absolute atomic E-state index is 11.3. The third-order valence-corrected chi connectivity index (χ3v) is 3.09. The number of ether oxygens (including phenoxy) is 1. The van der Waals surface area contributed by atoms with Gasteiger partial charge in [0.15, 0.2) is 0 Å². The van der Waals surface area contributed by atoms with E-state index in [0.29, 0.717) is 13.0 Å². The van der Waals surface area contributed by atoms with E-state index in [1.807, 2.05) is 53.4 Å². The molecule has 0 amide bonds. The molecule has 0 bridgehead atoms. The van der Waals surface area contributed by atoms with Crippen LogP contribution in [0.4, 0.5) is 0 Å². The fourth-order valence-corrected chi connectivity index (χ4v) is 2.02. The van der Waals surface area contributed by atoms with Crippen molar-refractivity contribution in [2.24, 2.45) is 5.92 Å². The molecule has 4 heteroatoms. The normalized spacial score (nSPS) is 12.1. The van der Waals surface area contributed by atoms with Gasteiger partial charge in [0.1, 0.15) is 5.75 Å². The number of carbonyl (C=O) groups is 1. The molecule has 0 aliphatic rings. The molecule has 0 radical (unpaired) electrons. The van der Waals surface area contributed by atoms with Crippen molar-refractivity contribution >= 4 is 5.97 Å². The molecule has 0 spiro atoms. The number of hydrogen-bond acceptors (Lipinski definition) is 2. The van der Waals surface area contributed by atoms with Crippen LogP contribution in [0, 0.1) is 5.92 Å². The van der Waals surface area contributed by atoms with E-state index in [1.54, 1.807) is 7.11 Å². The number of carboxylic acid groups (broad SMARTS) is 1. The number of aromatic nitrogens is 1. The van der Waals surface area contributed by atoms with Gasteiger partial charge in [0.2, 0.25) is 0 Å². The van der Waals surface area contributed by atoms with Crippen LogP contribution in [-0.2, 0) is 17.8 Å². The van der Waals surface area contributed by atoms with Gasteiger partial charge in [0.05, 0.1) is 13.0 Å². The van der Waals surface area contributed by atoms with Crippen molar-refractivity contribution in [3.63, 3.8) is 0 Å². The zero-order valence-electron chi connectivity index (χ0n) is 10.8. The van der Waals surface area contributed by atoms with Gasteiger partial charge in [-0.3, -0.25) is 4.79 Å². The molecular formula is C15H17NO3. The lowest BCUT2D eigenvalue weighted by Crippen LogP contribution is -2.21. The first-order valence-electron chi connectivity index (χ1n) is 6.15. The summed E-state index contributed by atoms with van der Waals surface area (Å²) in [6, 6.07) is 11.3. The SMILES string of the molecule is COc1ccc(CC(Cn2cccc2)C(=O)O)cc1. The second-order valence-corrected chi connectivity index (χ2v) is 4.47. The van der Waals surface area contributed by atoms with E-state index in [1.165, 1.54) is 0 Å². The number of benzene rings is 1. The summed E-state index contributed by atoms with van der Waals surface area (Å²) in [4.78, 5) is 11.3. The fourth-order valence-electron chi connectivity index (χ4n) is 2.02. The van der Waals surface area contributed by atoms with Crippen LogP contribution in [0.25, 0.3) is 0 Å². The van der Waals surface area contributed by atoms with E-state index in [2.05, 4.69) is 0 Å². The predicted molar refractivity (Wildman–Crippen MR) is 72.3 cm³/mol. The highest BCUT2D eigenvalue weighted by molar-refractivity contribution is 5.70. The van der Waals surface area contributed by atoms with Gasteiger partial charge in [-0.25, -0.2) is 0 Å². The molecule has 19 heavy (non-hydrogen) atoms. The Morgan fingerprint density at radius 1 is 1.26 bits per heavy atom. The van der Waals surface area contributed by atoms with Gasteiger partial charge in [-0.2, -0.15) is 0 Å². The minimum atomic E-state index is -0.774. The maximum atomic E-state index is 11.3. The Bertz CT molecular complexity index is 517. The molecule has 2 aromatic rings. The Hall–Kier alpha value is -2.23. The van der Waals surface area contributed by atoms with Crippen molar-refractivity contribution in [3.05, 3.63) is 54.4 Å². The largest absolute Gasteiger partial charge is 0.497 e. The average Bonchev–Trinajstić information content (AvgIpc) is 2.91. The van der Waals surface area contributed by atoms with Crippen LogP contribution in [0.3, 0.4) is 0 Å². The number of hydrogen-bond donors (Lipinski definition) is 1. The first-order valence-corrected chi connectivity index (χ1v) is 6.15. The third-order valence-electron chi connectivity index (χ3n) is 3.09. The highest BCUT2D eigenvalue weighted by atomic mass is 16.5. The van der Waals surface area contributed by atoms with E-state index in [0.717, 1.165) is 11.3 Å². The van der Waals surface area contributed by atoms with Crippen LogP contribution in [0.15, 0.2) is 48.8 Å². The summed E-state index contributed by atoms with van der Waals surface area (Å²) in [6.45, 7) is 0.481. The van der Waals surface area contributed by atoms with Crippen molar-refractivity contribution in [3.8, 4) is 5.75 Å². The molecule has 100 valence electrons. The summed E-state index contributed by atoms with van der Waals surface area (Å²) in [7, 11) is 1.61. The number of rotatable bonds is 6. The predicted octanol–water partition coefficient (Wildman–Crippen LogP) is 2.44. The van der Waals surface area contributed by atoms with E-state index in [-0.39, 0.29) is 0 Å². The first kappa shape index (κ1) is 13.2. The number of carboxylic acids is 1. The third kappa shape index (κ3) is 3.61. The molecule has 1 unspecified atom stereocenters. The minimum absolute atomic E-state index is 0.430. The Balaban J connectivity index is 2.05. The monoisotopic (exact) mass is 259 g/mol. The van der Waals surface area contributed by atoms with Gasteiger partial charge in [-0.15, -0.1) is 0 Å². The number of aliphatic carboxylic acids is 1. The molecule has 1 heterocycles. The summed E-state index contributed by atoms with van der Waals surface area (Å²) in [5.74, 6) is -0.425. The molecule has 0 saturated carbocycles. The molecule has 1 aromatic heterocycles. The van der Waals surface area contributed by atoms with Gasteiger partial charge in [0, 0.05) is 18.9 Å². The molecule has 0 saturated heterocycles. The molecule has 0 aliphatic carbocycles. The lowest BCUT2D eigenvalue weighted by molar-refractivity contribution is -0.142. The Morgan fingerprint density at radius 3 is 2.42 bits per heavy atom. The topological polar surface area (TPSA) is 51.5 Å². The molecular weight excluding hydrogens is 242 g/mol. The summed E-state index contributed by atoms with van der Waals surface area (Å²) in [5.41, 5.74) is 1.00. The zero-order chi connectivity index (χ0) is 13.7. The number of methoxy groups -OCH3 is 1. The highest BCUT2D eigenvalue weighted by Gasteiger charge is 2.18. The second-order valence-electron chi connectivity index (χ2n) is 4.47. The van der Waals surface area contributed by atoms with Gasteiger partial charge in [-0.05, 0) is 36.2 Å². The van der Waals surface area contributed by atoms with Crippen LogP contribution < -0.4 is 4.74 Å². The Morgan fingerprint density at radius 2 is 1.89 bits per heavy atom. The van der Waals surface area contributed by atoms with Crippen molar-refractivity contribution in [2.45, 2.75) is 13.0 Å². The highest BCUT2D eigenvalue weighted by Crippen LogP contribution is 2.16. The molecule has 0 fully saturated rings. The van der Waals surface area contributed by atoms with E-state index >= 15 is 0 Å². The number of nitrogens with zero attached hydrogens (tertiary/aromatic N) is 1. The van der Waals surface area contributed by atoms with Gasteiger partial charge in [-0.1, -0.05) is 12.1 Å². The lowest BCUT2D eigenvalue weighted by Gasteiger charge is -2.13. The summed E-state index contributed by atoms with van der Waals surface area (Å²) < 4.78 is 6.98. The van der Waals surface area contributed by atoms with Crippen LogP contribution in [0.2, 0.25) is 0 Å². The van der Waals surface area contributed by atoms with E-state index in [9.17, 15) is 9.90 Å². The molecule has 2 rings (SSSR count). The summed E-state index contributed by atoms with van der Waals surface area (Å²) in [5, 5.41) is 9.30. The van der Waals surface area contributed by atoms with Gasteiger partial charge in [0.25, 0.3) is 0 Å². The molecule has 1 atom stereocenters. The fraction of sp³-hybridized carbons (Fsp3) is 0.267. The lowest BCUT2D eigenvalue weighted by atomic mass is 9.99. The van der Waals surface area contributed by atoms with Crippen LogP contribution >= 0.6 is 0 Å². The quantitative estimate of drug-likeness (QED) is 0.866. The summed E-state index contributed by atoms with van der Waals surface area (Å²) >= 11 is 0. The smallest absolute Gasteiger partial charge is 0.308 e. The Kier molecular flexibility index (Phi) is 4.23. The molecule has 4 nitrogen and oxygen atoms in total. The van der Waals surface area contributed by atoms with Crippen molar-refractivity contribution < 1.29 is 14.6 Å². The van der Waals surface area contributed by atoms with Crippen LogP contribution in [0.5, 0.6) is 5.75 Å². The maximum Gasteiger partial charge on any atom is 0.308 e. The minimum Gasteiger partial charge on any atom is -0.497 e. The van der Waals surface area contributed by atoms with Crippen LogP contribution in [0.1, 0.15) is 5.56 Å². The van der Waals surface area contributed by atoms with E-state index in [4.69, 9.17) is 4.74 Å². The first-order chi connectivity index (χ1) is 9.19. The van der Waals surface area contributed by atoms with Crippen molar-refractivity contribution in [2.75, 3.05) is 7.11 Å². The van der Waals surface area contributed by atoms with Gasteiger partial charge >= 0.3 is 5.97 Å². The standard InChI is InChI=1S/C15H17NO3/c1-19-14-6-4-12(5-7-14)10-13(15(17)18)11-16-8-2-3-9-16/h2-9,13H,10-11H2,1H3,(H,17,18). The molecule has 0 aliphatic heterocycles.